The van der Waals surface area contributed by atoms with Gasteiger partial charge in [-0.15, -0.1) is 0 Å². The average molecular weight is 242 g/mol. The second kappa shape index (κ2) is 3.97. The van der Waals surface area contributed by atoms with Gasteiger partial charge in [0.15, 0.2) is 5.65 Å². The molecule has 0 aliphatic heterocycles. The Hall–Kier alpha value is -1.58. The van der Waals surface area contributed by atoms with Gasteiger partial charge in [-0.1, -0.05) is 6.42 Å². The third-order valence-corrected chi connectivity index (χ3v) is 4.69. The number of fused-ring (bicyclic) bond motifs is 3. The van der Waals surface area contributed by atoms with E-state index in [0.717, 1.165) is 35.8 Å². The zero-order valence-corrected chi connectivity index (χ0v) is 10.4. The fourth-order valence-electron chi connectivity index (χ4n) is 3.77. The molecule has 0 spiro atoms. The van der Waals surface area contributed by atoms with Crippen LogP contribution in [0.25, 0.3) is 5.65 Å². The molecule has 2 heterocycles. The van der Waals surface area contributed by atoms with Crippen molar-refractivity contribution in [3.8, 4) is 0 Å². The highest BCUT2D eigenvalue weighted by Crippen LogP contribution is 2.48. The Labute approximate surface area is 106 Å². The molecule has 2 aromatic heterocycles. The van der Waals surface area contributed by atoms with Crippen molar-refractivity contribution >= 4 is 11.5 Å². The molecule has 4 heteroatoms. The Bertz CT molecular complexity index is 562. The molecule has 4 nitrogen and oxygen atoms in total. The SMILES string of the molecule is c1cc2nc(NCC3CC4CCC3C4)ccn2n1. The van der Waals surface area contributed by atoms with Crippen molar-refractivity contribution in [2.75, 3.05) is 11.9 Å². The van der Waals surface area contributed by atoms with E-state index in [2.05, 4.69) is 15.4 Å². The molecule has 0 saturated heterocycles. The highest BCUT2D eigenvalue weighted by atomic mass is 15.2. The number of rotatable bonds is 3. The predicted octanol–water partition coefficient (Wildman–Crippen LogP) is 2.58. The minimum atomic E-state index is 0.867. The molecule has 0 radical (unpaired) electrons. The number of anilines is 1. The summed E-state index contributed by atoms with van der Waals surface area (Å²) in [5.74, 6) is 3.84. The lowest BCUT2D eigenvalue weighted by atomic mass is 9.89. The lowest BCUT2D eigenvalue weighted by Gasteiger charge is -2.22. The molecule has 4 rings (SSSR count). The minimum Gasteiger partial charge on any atom is -0.370 e. The maximum absolute atomic E-state index is 4.55. The van der Waals surface area contributed by atoms with Gasteiger partial charge in [0.05, 0.1) is 6.20 Å². The Morgan fingerprint density at radius 2 is 2.28 bits per heavy atom. The van der Waals surface area contributed by atoms with Gasteiger partial charge in [0.2, 0.25) is 0 Å². The molecule has 2 aliphatic rings. The van der Waals surface area contributed by atoms with Gasteiger partial charge < -0.3 is 5.32 Å². The van der Waals surface area contributed by atoms with Crippen LogP contribution in [0, 0.1) is 17.8 Å². The van der Waals surface area contributed by atoms with Crippen molar-refractivity contribution in [2.24, 2.45) is 17.8 Å². The number of hydrogen-bond donors (Lipinski definition) is 1. The number of hydrogen-bond acceptors (Lipinski definition) is 3. The quantitative estimate of drug-likeness (QED) is 0.899. The molecule has 0 amide bonds. The fourth-order valence-corrected chi connectivity index (χ4v) is 3.77. The summed E-state index contributed by atoms with van der Waals surface area (Å²) in [6.45, 7) is 1.08. The van der Waals surface area contributed by atoms with Crippen molar-refractivity contribution in [1.29, 1.82) is 0 Å². The zero-order valence-electron chi connectivity index (χ0n) is 10.4. The highest BCUT2D eigenvalue weighted by molar-refractivity contribution is 5.45. The third-order valence-electron chi connectivity index (χ3n) is 4.69. The Kier molecular flexibility index (Phi) is 2.28. The van der Waals surface area contributed by atoms with E-state index in [1.165, 1.54) is 25.7 Å². The molecule has 94 valence electrons. The average Bonchev–Trinajstić information content (AvgIpc) is 3.11. The Morgan fingerprint density at radius 1 is 1.28 bits per heavy atom. The molecular weight excluding hydrogens is 224 g/mol. The van der Waals surface area contributed by atoms with Crippen LogP contribution in [0.2, 0.25) is 0 Å². The molecule has 2 aliphatic carbocycles. The largest absolute Gasteiger partial charge is 0.370 e. The maximum Gasteiger partial charge on any atom is 0.157 e. The van der Waals surface area contributed by atoms with Crippen molar-refractivity contribution in [3.05, 3.63) is 24.5 Å². The van der Waals surface area contributed by atoms with E-state index in [-0.39, 0.29) is 0 Å². The molecule has 2 saturated carbocycles. The van der Waals surface area contributed by atoms with Gasteiger partial charge in [-0.2, -0.15) is 5.10 Å². The maximum atomic E-state index is 4.55. The summed E-state index contributed by atoms with van der Waals surface area (Å²) in [4.78, 5) is 4.55. The summed E-state index contributed by atoms with van der Waals surface area (Å²) < 4.78 is 1.79. The summed E-state index contributed by atoms with van der Waals surface area (Å²) in [6, 6.07) is 3.94. The van der Waals surface area contributed by atoms with Gasteiger partial charge in [0.25, 0.3) is 0 Å². The first-order valence-electron chi connectivity index (χ1n) is 6.93. The van der Waals surface area contributed by atoms with Gasteiger partial charge in [-0.05, 0) is 43.1 Å². The van der Waals surface area contributed by atoms with Crippen LogP contribution >= 0.6 is 0 Å². The normalized spacial score (nSPS) is 30.1. The van der Waals surface area contributed by atoms with E-state index < -0.39 is 0 Å². The van der Waals surface area contributed by atoms with Gasteiger partial charge in [0.1, 0.15) is 5.82 Å². The molecule has 2 bridgehead atoms. The van der Waals surface area contributed by atoms with E-state index in [4.69, 9.17) is 0 Å². The molecule has 1 N–H and O–H groups in total. The molecule has 2 aromatic rings. The first-order valence-corrected chi connectivity index (χ1v) is 6.93. The predicted molar refractivity (Wildman–Crippen MR) is 70.4 cm³/mol. The van der Waals surface area contributed by atoms with E-state index >= 15 is 0 Å². The van der Waals surface area contributed by atoms with Crippen molar-refractivity contribution in [1.82, 2.24) is 14.6 Å². The fraction of sp³-hybridized carbons (Fsp3) is 0.571. The Morgan fingerprint density at radius 3 is 3.11 bits per heavy atom. The smallest absolute Gasteiger partial charge is 0.157 e. The first kappa shape index (κ1) is 10.4. The van der Waals surface area contributed by atoms with Crippen LogP contribution in [0.4, 0.5) is 5.82 Å². The van der Waals surface area contributed by atoms with E-state index in [0.29, 0.717) is 0 Å². The molecule has 18 heavy (non-hydrogen) atoms. The summed E-state index contributed by atoms with van der Waals surface area (Å²) in [7, 11) is 0. The van der Waals surface area contributed by atoms with E-state index in [1.807, 2.05) is 18.3 Å². The van der Waals surface area contributed by atoms with Crippen LogP contribution in [-0.4, -0.2) is 21.1 Å². The summed E-state index contributed by atoms with van der Waals surface area (Å²) in [6.07, 6.45) is 9.56. The summed E-state index contributed by atoms with van der Waals surface area (Å²) in [5, 5.41) is 7.66. The van der Waals surface area contributed by atoms with Crippen LogP contribution in [0.1, 0.15) is 25.7 Å². The van der Waals surface area contributed by atoms with Crippen LogP contribution in [0.5, 0.6) is 0 Å². The molecule has 0 aromatic carbocycles. The molecule has 3 atom stereocenters. The minimum absolute atomic E-state index is 0.867. The zero-order chi connectivity index (χ0) is 11.9. The lowest BCUT2D eigenvalue weighted by molar-refractivity contribution is 0.348. The van der Waals surface area contributed by atoms with Crippen LogP contribution in [0.3, 0.4) is 0 Å². The number of nitrogens with zero attached hydrogens (tertiary/aromatic N) is 3. The second-order valence-electron chi connectivity index (χ2n) is 5.76. The van der Waals surface area contributed by atoms with Gasteiger partial charge >= 0.3 is 0 Å². The highest BCUT2D eigenvalue weighted by Gasteiger charge is 2.39. The van der Waals surface area contributed by atoms with Crippen LogP contribution < -0.4 is 5.32 Å². The monoisotopic (exact) mass is 242 g/mol. The molecular formula is C14H18N4. The summed E-state index contributed by atoms with van der Waals surface area (Å²) >= 11 is 0. The van der Waals surface area contributed by atoms with E-state index in [9.17, 15) is 0 Å². The lowest BCUT2D eigenvalue weighted by Crippen LogP contribution is -2.20. The third kappa shape index (κ3) is 1.67. The first-order chi connectivity index (χ1) is 8.88. The summed E-state index contributed by atoms with van der Waals surface area (Å²) in [5.41, 5.74) is 0.910. The van der Waals surface area contributed by atoms with Crippen LogP contribution in [0.15, 0.2) is 24.5 Å². The van der Waals surface area contributed by atoms with Crippen molar-refractivity contribution < 1.29 is 0 Å². The van der Waals surface area contributed by atoms with Gasteiger partial charge in [0, 0.05) is 18.8 Å². The number of nitrogens with one attached hydrogen (secondary N) is 1. The van der Waals surface area contributed by atoms with Crippen LogP contribution in [-0.2, 0) is 0 Å². The standard InChI is InChI=1S/C14H18N4/c1-2-11-7-10(1)8-12(11)9-15-13-4-6-18-14(17-13)3-5-16-18/h3-6,10-12H,1-2,7-9H2,(H,15,17). The molecule has 3 unspecified atom stereocenters. The van der Waals surface area contributed by atoms with Crippen molar-refractivity contribution in [3.63, 3.8) is 0 Å². The van der Waals surface area contributed by atoms with E-state index in [1.54, 1.807) is 10.7 Å². The van der Waals surface area contributed by atoms with Crippen molar-refractivity contribution in [2.45, 2.75) is 25.7 Å². The second-order valence-corrected chi connectivity index (χ2v) is 5.76. The van der Waals surface area contributed by atoms with Gasteiger partial charge in [-0.3, -0.25) is 0 Å². The molecule has 2 fully saturated rings. The topological polar surface area (TPSA) is 42.2 Å². The number of aromatic nitrogens is 3. The Balaban J connectivity index is 1.45. The van der Waals surface area contributed by atoms with Gasteiger partial charge in [-0.25, -0.2) is 9.50 Å².